The second kappa shape index (κ2) is 7.98. The third-order valence-corrected chi connectivity index (χ3v) is 5.25. The van der Waals surface area contributed by atoms with E-state index in [-0.39, 0.29) is 18.7 Å². The standard InChI is InChI=1S/C20H20ClNO6/c1-20(14(19(25)26)9-17(23)24)7-6-13-15(21)4-5-16(18(13)22-11-20)28-10-12-3-2-8-27-12/h2-5,8-9,22H,6-7,10-11H2,1H3,(H,23,24)(H,25,26). The Labute approximate surface area is 166 Å². The van der Waals surface area contributed by atoms with E-state index in [2.05, 4.69) is 5.32 Å². The van der Waals surface area contributed by atoms with E-state index in [0.29, 0.717) is 35.1 Å². The van der Waals surface area contributed by atoms with Gasteiger partial charge in [0.15, 0.2) is 0 Å². The molecule has 0 amide bonds. The summed E-state index contributed by atoms with van der Waals surface area (Å²) in [5, 5.41) is 22.4. The van der Waals surface area contributed by atoms with Gasteiger partial charge in [0, 0.05) is 23.1 Å². The number of furan rings is 1. The number of fused-ring (bicyclic) bond motifs is 1. The molecular formula is C20H20ClNO6. The highest BCUT2D eigenvalue weighted by molar-refractivity contribution is 6.31. The van der Waals surface area contributed by atoms with Crippen molar-refractivity contribution >= 4 is 29.2 Å². The van der Waals surface area contributed by atoms with Crippen molar-refractivity contribution < 1.29 is 29.0 Å². The maximum absolute atomic E-state index is 11.7. The van der Waals surface area contributed by atoms with Gasteiger partial charge in [-0.1, -0.05) is 18.5 Å². The number of hydrogen-bond donors (Lipinski definition) is 3. The van der Waals surface area contributed by atoms with E-state index in [1.54, 1.807) is 37.5 Å². The number of carboxylic acid groups (broad SMARTS) is 2. The molecule has 2 heterocycles. The van der Waals surface area contributed by atoms with Crippen molar-refractivity contribution in [2.75, 3.05) is 11.9 Å². The van der Waals surface area contributed by atoms with Crippen LogP contribution in [-0.2, 0) is 22.6 Å². The number of ether oxygens (including phenoxy) is 1. The van der Waals surface area contributed by atoms with Gasteiger partial charge in [-0.25, -0.2) is 9.59 Å². The van der Waals surface area contributed by atoms with E-state index in [1.165, 1.54) is 0 Å². The van der Waals surface area contributed by atoms with Gasteiger partial charge in [-0.15, -0.1) is 0 Å². The summed E-state index contributed by atoms with van der Waals surface area (Å²) in [4.78, 5) is 22.8. The zero-order valence-electron chi connectivity index (χ0n) is 15.2. The summed E-state index contributed by atoms with van der Waals surface area (Å²) in [5.41, 5.74) is 0.435. The Hall–Kier alpha value is -2.93. The summed E-state index contributed by atoms with van der Waals surface area (Å²) >= 11 is 6.37. The Morgan fingerprint density at radius 2 is 2.14 bits per heavy atom. The van der Waals surface area contributed by atoms with E-state index in [0.717, 1.165) is 11.6 Å². The molecular weight excluding hydrogens is 386 g/mol. The van der Waals surface area contributed by atoms with E-state index in [9.17, 15) is 14.7 Å². The van der Waals surface area contributed by atoms with Crippen LogP contribution in [0.4, 0.5) is 5.69 Å². The highest BCUT2D eigenvalue weighted by atomic mass is 35.5. The molecule has 0 aliphatic carbocycles. The molecule has 3 rings (SSSR count). The van der Waals surface area contributed by atoms with Crippen molar-refractivity contribution in [1.82, 2.24) is 0 Å². The first-order valence-electron chi connectivity index (χ1n) is 8.69. The third kappa shape index (κ3) is 4.14. The van der Waals surface area contributed by atoms with Crippen LogP contribution in [0.15, 0.2) is 46.6 Å². The minimum absolute atomic E-state index is 0.158. The summed E-state index contributed by atoms with van der Waals surface area (Å²) in [6.07, 6.45) is 3.21. The number of anilines is 1. The molecule has 0 saturated carbocycles. The Kier molecular flexibility index (Phi) is 5.65. The molecule has 7 nitrogen and oxygen atoms in total. The van der Waals surface area contributed by atoms with E-state index < -0.39 is 17.4 Å². The lowest BCUT2D eigenvalue weighted by Crippen LogP contribution is -2.32. The van der Waals surface area contributed by atoms with Crippen molar-refractivity contribution in [2.45, 2.75) is 26.4 Å². The first-order valence-corrected chi connectivity index (χ1v) is 9.07. The molecule has 1 aromatic heterocycles. The fraction of sp³-hybridized carbons (Fsp3) is 0.300. The van der Waals surface area contributed by atoms with Crippen molar-refractivity contribution in [2.24, 2.45) is 5.41 Å². The first kappa shape index (κ1) is 19.8. The SMILES string of the molecule is CC1(C(=CC(=O)O)C(=O)O)CCc2c(Cl)ccc(OCc3ccco3)c2NC1. The minimum atomic E-state index is -1.29. The number of rotatable bonds is 6. The van der Waals surface area contributed by atoms with Crippen LogP contribution in [0.1, 0.15) is 24.7 Å². The fourth-order valence-corrected chi connectivity index (χ4v) is 3.58. The highest BCUT2D eigenvalue weighted by Crippen LogP contribution is 2.43. The maximum Gasteiger partial charge on any atom is 0.332 e. The summed E-state index contributed by atoms with van der Waals surface area (Å²) in [6.45, 7) is 2.19. The van der Waals surface area contributed by atoms with Crippen LogP contribution in [0.3, 0.4) is 0 Å². The number of benzene rings is 1. The van der Waals surface area contributed by atoms with Crippen LogP contribution >= 0.6 is 11.6 Å². The van der Waals surface area contributed by atoms with Crippen molar-refractivity contribution in [3.8, 4) is 5.75 Å². The molecule has 3 N–H and O–H groups in total. The van der Waals surface area contributed by atoms with Crippen molar-refractivity contribution in [3.63, 3.8) is 0 Å². The van der Waals surface area contributed by atoms with Gasteiger partial charge in [0.05, 0.1) is 17.5 Å². The molecule has 0 saturated heterocycles. The second-order valence-electron chi connectivity index (χ2n) is 6.88. The molecule has 28 heavy (non-hydrogen) atoms. The molecule has 0 spiro atoms. The van der Waals surface area contributed by atoms with Gasteiger partial charge in [-0.05, 0) is 42.7 Å². The molecule has 2 aromatic rings. The number of aliphatic carboxylic acids is 2. The van der Waals surface area contributed by atoms with Gasteiger partial charge in [-0.2, -0.15) is 0 Å². The van der Waals surface area contributed by atoms with Gasteiger partial charge >= 0.3 is 11.9 Å². The van der Waals surface area contributed by atoms with E-state index >= 15 is 0 Å². The van der Waals surface area contributed by atoms with Crippen LogP contribution in [0.25, 0.3) is 0 Å². The Morgan fingerprint density at radius 1 is 1.36 bits per heavy atom. The average molecular weight is 406 g/mol. The summed E-state index contributed by atoms with van der Waals surface area (Å²) in [6, 6.07) is 7.04. The number of hydrogen-bond acceptors (Lipinski definition) is 5. The van der Waals surface area contributed by atoms with Crippen LogP contribution in [0.5, 0.6) is 5.75 Å². The van der Waals surface area contributed by atoms with Crippen LogP contribution in [0.2, 0.25) is 5.02 Å². The van der Waals surface area contributed by atoms with E-state index in [1.807, 2.05) is 0 Å². The number of carboxylic acids is 2. The third-order valence-electron chi connectivity index (χ3n) is 4.90. The minimum Gasteiger partial charge on any atom is -0.483 e. The van der Waals surface area contributed by atoms with Crippen molar-refractivity contribution in [3.05, 3.63) is 58.5 Å². The predicted octanol–water partition coefficient (Wildman–Crippen LogP) is 3.97. The zero-order chi connectivity index (χ0) is 20.3. The summed E-state index contributed by atoms with van der Waals surface area (Å²) < 4.78 is 11.1. The molecule has 1 atom stereocenters. The predicted molar refractivity (Wildman–Crippen MR) is 103 cm³/mol. The highest BCUT2D eigenvalue weighted by Gasteiger charge is 2.37. The monoisotopic (exact) mass is 405 g/mol. The fourth-order valence-electron chi connectivity index (χ4n) is 3.32. The second-order valence-corrected chi connectivity index (χ2v) is 7.29. The number of nitrogens with one attached hydrogen (secondary N) is 1. The summed E-state index contributed by atoms with van der Waals surface area (Å²) in [5.74, 6) is -1.31. The lowest BCUT2D eigenvalue weighted by atomic mass is 9.77. The molecule has 1 aliphatic rings. The zero-order valence-corrected chi connectivity index (χ0v) is 16.0. The normalized spacial score (nSPS) is 19.3. The molecule has 1 aliphatic heterocycles. The molecule has 148 valence electrons. The molecule has 1 aromatic carbocycles. The van der Waals surface area contributed by atoms with Crippen LogP contribution in [-0.4, -0.2) is 28.7 Å². The molecule has 0 bridgehead atoms. The lowest BCUT2D eigenvalue weighted by molar-refractivity contribution is -0.136. The maximum atomic E-state index is 11.7. The van der Waals surface area contributed by atoms with Gasteiger partial charge in [0.1, 0.15) is 18.1 Å². The van der Waals surface area contributed by atoms with Crippen LogP contribution in [0, 0.1) is 5.41 Å². The van der Waals surface area contributed by atoms with Crippen LogP contribution < -0.4 is 10.1 Å². The Bertz CT molecular complexity index is 921. The average Bonchev–Trinajstić information content (AvgIpc) is 3.09. The number of carbonyl (C=O) groups is 2. The molecule has 0 radical (unpaired) electrons. The van der Waals surface area contributed by atoms with Gasteiger partial charge < -0.3 is 24.7 Å². The topological polar surface area (TPSA) is 109 Å². The quantitative estimate of drug-likeness (QED) is 0.624. The largest absolute Gasteiger partial charge is 0.483 e. The lowest BCUT2D eigenvalue weighted by Gasteiger charge is -2.28. The first-order chi connectivity index (χ1) is 13.3. The molecule has 8 heteroatoms. The number of halogens is 1. The molecule has 0 fully saturated rings. The Balaban J connectivity index is 1.89. The molecule has 1 unspecified atom stereocenters. The smallest absolute Gasteiger partial charge is 0.332 e. The van der Waals surface area contributed by atoms with Gasteiger partial charge in [-0.3, -0.25) is 0 Å². The van der Waals surface area contributed by atoms with Crippen molar-refractivity contribution in [1.29, 1.82) is 0 Å². The Morgan fingerprint density at radius 3 is 2.79 bits per heavy atom. The summed E-state index contributed by atoms with van der Waals surface area (Å²) in [7, 11) is 0. The van der Waals surface area contributed by atoms with E-state index in [4.69, 9.17) is 25.9 Å². The van der Waals surface area contributed by atoms with Gasteiger partial charge in [0.2, 0.25) is 0 Å². The van der Waals surface area contributed by atoms with Gasteiger partial charge in [0.25, 0.3) is 0 Å².